The van der Waals surface area contributed by atoms with E-state index in [9.17, 15) is 0 Å². The molecule has 72 heavy (non-hydrogen) atoms. The predicted octanol–water partition coefficient (Wildman–Crippen LogP) is 19.4. The molecule has 15 aromatic rings. The quantitative estimate of drug-likeness (QED) is 0.160. The van der Waals surface area contributed by atoms with Crippen molar-refractivity contribution >= 4 is 104 Å². The molecule has 3 heterocycles. The monoisotopic (exact) mass is 918 g/mol. The van der Waals surface area contributed by atoms with Crippen molar-refractivity contribution in [3.8, 4) is 39.1 Å². The lowest BCUT2D eigenvalue weighted by Gasteiger charge is -2.26. The zero-order chi connectivity index (χ0) is 47.3. The molecule has 0 bridgehead atoms. The van der Waals surface area contributed by atoms with Crippen molar-refractivity contribution < 1.29 is 8.83 Å². The van der Waals surface area contributed by atoms with Gasteiger partial charge in [-0.1, -0.05) is 170 Å². The zero-order valence-electron chi connectivity index (χ0n) is 39.0. The van der Waals surface area contributed by atoms with Gasteiger partial charge in [0.15, 0.2) is 0 Å². The molecule has 336 valence electrons. The minimum absolute atomic E-state index is 0.878. The van der Waals surface area contributed by atoms with Crippen LogP contribution in [0.4, 0.5) is 17.1 Å². The summed E-state index contributed by atoms with van der Waals surface area (Å²) in [6, 6.07) is 91.7. The minimum Gasteiger partial charge on any atom is -0.455 e. The second-order valence-corrected chi connectivity index (χ2v) is 18.8. The van der Waals surface area contributed by atoms with E-state index in [0.717, 1.165) is 111 Å². The van der Waals surface area contributed by atoms with E-state index in [1.165, 1.54) is 32.6 Å². The molecule has 0 radical (unpaired) electrons. The fourth-order valence-electron chi connectivity index (χ4n) is 11.5. The number of fused-ring (bicyclic) bond motifs is 13. The zero-order valence-corrected chi connectivity index (χ0v) is 39.0. The van der Waals surface area contributed by atoms with Crippen molar-refractivity contribution in [1.29, 1.82) is 0 Å². The molecule has 0 saturated carbocycles. The number of hydrogen-bond donors (Lipinski definition) is 0. The Kier molecular flexibility index (Phi) is 8.92. The fourth-order valence-corrected chi connectivity index (χ4v) is 11.5. The van der Waals surface area contributed by atoms with Crippen molar-refractivity contribution in [3.05, 3.63) is 255 Å². The van der Waals surface area contributed by atoms with Crippen molar-refractivity contribution in [2.24, 2.45) is 0 Å². The van der Waals surface area contributed by atoms with E-state index in [-0.39, 0.29) is 0 Å². The first-order chi connectivity index (χ1) is 35.7. The first-order valence-electron chi connectivity index (χ1n) is 24.6. The average Bonchev–Trinajstić information content (AvgIpc) is 4.14. The van der Waals surface area contributed by atoms with E-state index >= 15 is 0 Å². The molecule has 4 heteroatoms. The van der Waals surface area contributed by atoms with Gasteiger partial charge in [0.1, 0.15) is 22.3 Å². The number of anilines is 3. The van der Waals surface area contributed by atoms with Crippen LogP contribution in [0.5, 0.6) is 0 Å². The van der Waals surface area contributed by atoms with Crippen LogP contribution < -0.4 is 4.90 Å². The molecule has 0 aliphatic carbocycles. The molecule has 0 fully saturated rings. The normalized spacial score (nSPS) is 11.9. The average molecular weight is 919 g/mol. The summed E-state index contributed by atoms with van der Waals surface area (Å²) in [6.45, 7) is 0. The van der Waals surface area contributed by atoms with Crippen LogP contribution in [0.1, 0.15) is 0 Å². The van der Waals surface area contributed by atoms with Crippen molar-refractivity contribution in [2.75, 3.05) is 4.90 Å². The van der Waals surface area contributed by atoms with E-state index < -0.39 is 0 Å². The molecule has 0 unspecified atom stereocenters. The summed E-state index contributed by atoms with van der Waals surface area (Å²) < 4.78 is 15.6. The maximum absolute atomic E-state index is 6.65. The number of nitrogens with zero attached hydrogens (tertiary/aromatic N) is 2. The van der Waals surface area contributed by atoms with Crippen molar-refractivity contribution in [3.63, 3.8) is 0 Å². The Morgan fingerprint density at radius 1 is 0.292 bits per heavy atom. The third kappa shape index (κ3) is 6.26. The van der Waals surface area contributed by atoms with Crippen LogP contribution in [-0.4, -0.2) is 4.57 Å². The lowest BCUT2D eigenvalue weighted by Crippen LogP contribution is -2.10. The van der Waals surface area contributed by atoms with Gasteiger partial charge in [-0.25, -0.2) is 0 Å². The van der Waals surface area contributed by atoms with Gasteiger partial charge in [-0.05, 0) is 129 Å². The van der Waals surface area contributed by atoms with Crippen LogP contribution in [0.2, 0.25) is 0 Å². The van der Waals surface area contributed by atoms with E-state index in [1.807, 2.05) is 0 Å². The van der Waals surface area contributed by atoms with Crippen LogP contribution in [0.15, 0.2) is 264 Å². The summed E-state index contributed by atoms with van der Waals surface area (Å²) in [5.41, 5.74) is 17.1. The van der Waals surface area contributed by atoms with E-state index in [1.54, 1.807) is 0 Å². The molecular weight excluding hydrogens is 877 g/mol. The Balaban J connectivity index is 0.856. The van der Waals surface area contributed by atoms with E-state index in [2.05, 4.69) is 264 Å². The van der Waals surface area contributed by atoms with Gasteiger partial charge in [-0.3, -0.25) is 0 Å². The van der Waals surface area contributed by atoms with Crippen LogP contribution in [0.25, 0.3) is 126 Å². The maximum Gasteiger partial charge on any atom is 0.143 e. The second-order valence-electron chi connectivity index (χ2n) is 18.8. The number of aromatic nitrogens is 1. The first-order valence-corrected chi connectivity index (χ1v) is 24.6. The highest BCUT2D eigenvalue weighted by molar-refractivity contribution is 6.20. The summed E-state index contributed by atoms with van der Waals surface area (Å²) in [5.74, 6) is 0. The standard InChI is InChI=1S/C68H42N2O2/c1-3-19-55-44(13-1)33-39-59-65-53(23-11-27-63(65)71-67(55)59)46-31-37-50(38-32-46)69(51-17-10-16-48(42-51)54-24-12-28-64-66(54)60-40-34-45-14-2-4-20-56(45)68(60)72-64)49-35-29-43(30-36-49)47-15-9-18-52(41-47)70-61-25-7-5-21-57(61)58-22-6-8-26-62(58)70/h1-42H. The van der Waals surface area contributed by atoms with Crippen molar-refractivity contribution in [2.45, 2.75) is 0 Å². The Morgan fingerprint density at radius 2 is 0.778 bits per heavy atom. The highest BCUT2D eigenvalue weighted by Gasteiger charge is 2.20. The molecule has 0 N–H and O–H groups in total. The summed E-state index contributed by atoms with van der Waals surface area (Å²) in [5, 5.41) is 11.6. The predicted molar refractivity (Wildman–Crippen MR) is 301 cm³/mol. The highest BCUT2D eigenvalue weighted by Crippen LogP contribution is 2.45. The molecular formula is C68H42N2O2. The van der Waals surface area contributed by atoms with Crippen LogP contribution in [0, 0.1) is 0 Å². The lowest BCUT2D eigenvalue weighted by molar-refractivity contribution is 0.672. The number of benzene rings is 12. The topological polar surface area (TPSA) is 34.5 Å². The minimum atomic E-state index is 0.878. The maximum atomic E-state index is 6.65. The summed E-state index contributed by atoms with van der Waals surface area (Å²) in [4.78, 5) is 2.37. The summed E-state index contributed by atoms with van der Waals surface area (Å²) >= 11 is 0. The highest BCUT2D eigenvalue weighted by atomic mass is 16.3. The largest absolute Gasteiger partial charge is 0.455 e. The molecule has 0 aliphatic rings. The fraction of sp³-hybridized carbons (Fsp3) is 0. The molecule has 12 aromatic carbocycles. The van der Waals surface area contributed by atoms with Crippen LogP contribution >= 0.6 is 0 Å². The number of furan rings is 2. The van der Waals surface area contributed by atoms with Gasteiger partial charge in [-0.2, -0.15) is 0 Å². The smallest absolute Gasteiger partial charge is 0.143 e. The lowest BCUT2D eigenvalue weighted by atomic mass is 9.97. The summed E-state index contributed by atoms with van der Waals surface area (Å²) in [7, 11) is 0. The van der Waals surface area contributed by atoms with Gasteiger partial charge < -0.3 is 18.3 Å². The third-order valence-electron chi connectivity index (χ3n) is 14.8. The molecule has 0 saturated heterocycles. The molecule has 15 rings (SSSR count). The van der Waals surface area contributed by atoms with Gasteiger partial charge in [0, 0.05) is 65.8 Å². The van der Waals surface area contributed by atoms with Crippen LogP contribution in [0.3, 0.4) is 0 Å². The Hall–Kier alpha value is -9.64. The Bertz CT molecular complexity index is 4580. The van der Waals surface area contributed by atoms with E-state index in [0.29, 0.717) is 0 Å². The van der Waals surface area contributed by atoms with Crippen molar-refractivity contribution in [1.82, 2.24) is 4.57 Å². The van der Waals surface area contributed by atoms with Gasteiger partial charge in [-0.15, -0.1) is 0 Å². The molecule has 0 aliphatic heterocycles. The number of para-hydroxylation sites is 2. The molecule has 0 atom stereocenters. The number of rotatable bonds is 7. The summed E-state index contributed by atoms with van der Waals surface area (Å²) in [6.07, 6.45) is 0. The first kappa shape index (κ1) is 40.3. The second kappa shape index (κ2) is 16.0. The van der Waals surface area contributed by atoms with E-state index in [4.69, 9.17) is 8.83 Å². The molecule has 3 aromatic heterocycles. The molecule has 0 spiro atoms. The van der Waals surface area contributed by atoms with Gasteiger partial charge in [0.05, 0.1) is 11.0 Å². The molecule has 4 nitrogen and oxygen atoms in total. The van der Waals surface area contributed by atoms with Gasteiger partial charge in [0.25, 0.3) is 0 Å². The van der Waals surface area contributed by atoms with Gasteiger partial charge in [0.2, 0.25) is 0 Å². The third-order valence-corrected chi connectivity index (χ3v) is 14.8. The SMILES string of the molecule is c1cc(-c2cccc3oc4c5ccccc5ccc4c23)cc(N(c2ccc(-c3cccc(-n4c5ccccc5c5ccccc54)c3)cc2)c2ccc(-c3cccc4oc5c6ccccc6ccc5c34)cc2)c1. The van der Waals surface area contributed by atoms with Gasteiger partial charge >= 0.3 is 0 Å². The Morgan fingerprint density at radius 3 is 1.38 bits per heavy atom. The number of hydrogen-bond acceptors (Lipinski definition) is 3. The van der Waals surface area contributed by atoms with Crippen LogP contribution in [-0.2, 0) is 0 Å². The molecule has 0 amide bonds. The Labute approximate surface area is 414 Å².